The number of hydrogen-bond donors (Lipinski definition) is 2. The Morgan fingerprint density at radius 2 is 1.88 bits per heavy atom. The minimum Gasteiger partial charge on any atom is -0.356 e. The van der Waals surface area contributed by atoms with Crippen LogP contribution in [0.25, 0.3) is 10.8 Å². The summed E-state index contributed by atoms with van der Waals surface area (Å²) in [5.74, 6) is 0.843. The Kier molecular flexibility index (Phi) is 7.25. The van der Waals surface area contributed by atoms with E-state index in [9.17, 15) is 0 Å². The molecular formula is C21H31N5. The lowest BCUT2D eigenvalue weighted by Gasteiger charge is -2.20. The lowest BCUT2D eigenvalue weighted by Crippen LogP contribution is -2.38. The van der Waals surface area contributed by atoms with E-state index < -0.39 is 0 Å². The van der Waals surface area contributed by atoms with Gasteiger partial charge in [-0.3, -0.25) is 9.98 Å². The van der Waals surface area contributed by atoms with Crippen molar-refractivity contribution in [3.63, 3.8) is 0 Å². The molecule has 1 fully saturated rings. The number of hydrogen-bond acceptors (Lipinski definition) is 3. The summed E-state index contributed by atoms with van der Waals surface area (Å²) < 4.78 is 0. The second kappa shape index (κ2) is 10.1. The van der Waals surface area contributed by atoms with Crippen molar-refractivity contribution in [2.45, 2.75) is 38.6 Å². The minimum absolute atomic E-state index is 0.674. The summed E-state index contributed by atoms with van der Waals surface area (Å²) in [4.78, 5) is 11.5. The molecule has 2 heterocycles. The molecule has 140 valence electrons. The second-order valence-corrected chi connectivity index (χ2v) is 6.94. The lowest BCUT2D eigenvalue weighted by molar-refractivity contribution is 0.282. The van der Waals surface area contributed by atoms with Gasteiger partial charge < -0.3 is 15.5 Å². The number of aromatic nitrogens is 1. The molecule has 0 amide bonds. The molecule has 0 spiro atoms. The summed E-state index contributed by atoms with van der Waals surface area (Å²) in [6.07, 6.45) is 8.52. The van der Waals surface area contributed by atoms with Crippen LogP contribution in [0.15, 0.2) is 41.5 Å². The fourth-order valence-electron chi connectivity index (χ4n) is 3.58. The average Bonchev–Trinajstić information content (AvgIpc) is 2.96. The van der Waals surface area contributed by atoms with Gasteiger partial charge in [-0.15, -0.1) is 0 Å². The van der Waals surface area contributed by atoms with Crippen LogP contribution in [0.3, 0.4) is 0 Å². The van der Waals surface area contributed by atoms with E-state index in [1.807, 2.05) is 13.2 Å². The van der Waals surface area contributed by atoms with Gasteiger partial charge in [0, 0.05) is 25.2 Å². The zero-order chi connectivity index (χ0) is 18.0. The van der Waals surface area contributed by atoms with Crippen molar-refractivity contribution in [2.75, 3.05) is 33.2 Å². The van der Waals surface area contributed by atoms with Crippen molar-refractivity contribution in [3.05, 3.63) is 42.2 Å². The van der Waals surface area contributed by atoms with Crippen LogP contribution in [-0.2, 0) is 6.54 Å². The molecule has 0 unspecified atom stereocenters. The summed E-state index contributed by atoms with van der Waals surface area (Å²) in [5, 5.41) is 9.23. The maximum atomic E-state index is 4.53. The molecule has 26 heavy (non-hydrogen) atoms. The molecule has 5 heteroatoms. The molecule has 0 radical (unpaired) electrons. The highest BCUT2D eigenvalue weighted by Crippen LogP contribution is 2.15. The Hall–Kier alpha value is -2.14. The number of aliphatic imine (C=N–C) groups is 1. The predicted octanol–water partition coefficient (Wildman–Crippen LogP) is 3.17. The molecular weight excluding hydrogens is 322 g/mol. The van der Waals surface area contributed by atoms with E-state index in [2.05, 4.69) is 55.8 Å². The first-order chi connectivity index (χ1) is 12.9. The molecule has 1 aliphatic rings. The van der Waals surface area contributed by atoms with E-state index in [4.69, 9.17) is 0 Å². The van der Waals surface area contributed by atoms with Crippen molar-refractivity contribution < 1.29 is 0 Å². The number of fused-ring (bicyclic) bond motifs is 1. The normalized spacial score (nSPS) is 16.4. The maximum Gasteiger partial charge on any atom is 0.191 e. The first-order valence-corrected chi connectivity index (χ1v) is 9.86. The van der Waals surface area contributed by atoms with E-state index in [1.54, 1.807) is 0 Å². The zero-order valence-electron chi connectivity index (χ0n) is 15.9. The summed E-state index contributed by atoms with van der Waals surface area (Å²) in [6, 6.07) is 10.4. The molecule has 1 aromatic carbocycles. The Balaban J connectivity index is 1.43. The predicted molar refractivity (Wildman–Crippen MR) is 109 cm³/mol. The smallest absolute Gasteiger partial charge is 0.191 e. The van der Waals surface area contributed by atoms with Crippen LogP contribution in [0.5, 0.6) is 0 Å². The fourth-order valence-corrected chi connectivity index (χ4v) is 3.58. The monoisotopic (exact) mass is 353 g/mol. The van der Waals surface area contributed by atoms with Crippen LogP contribution in [0.4, 0.5) is 0 Å². The highest BCUT2D eigenvalue weighted by molar-refractivity contribution is 5.85. The molecule has 0 atom stereocenters. The maximum absolute atomic E-state index is 4.53. The van der Waals surface area contributed by atoms with E-state index >= 15 is 0 Å². The van der Waals surface area contributed by atoms with Crippen LogP contribution >= 0.6 is 0 Å². The number of rotatable bonds is 6. The molecule has 5 nitrogen and oxygen atoms in total. The van der Waals surface area contributed by atoms with Crippen LogP contribution in [0, 0.1) is 0 Å². The van der Waals surface area contributed by atoms with Crippen LogP contribution < -0.4 is 10.6 Å². The molecule has 0 aliphatic carbocycles. The number of likely N-dealkylation sites (tertiary alicyclic amines) is 1. The largest absolute Gasteiger partial charge is 0.356 e. The Bertz CT molecular complexity index is 699. The Morgan fingerprint density at radius 3 is 2.69 bits per heavy atom. The van der Waals surface area contributed by atoms with E-state index in [0.717, 1.165) is 24.6 Å². The number of pyridine rings is 1. The molecule has 2 N–H and O–H groups in total. The fraction of sp³-hybridized carbons (Fsp3) is 0.524. The van der Waals surface area contributed by atoms with Gasteiger partial charge >= 0.3 is 0 Å². The molecule has 2 aromatic rings. The number of benzene rings is 1. The summed E-state index contributed by atoms with van der Waals surface area (Å²) >= 11 is 0. The first kappa shape index (κ1) is 18.6. The van der Waals surface area contributed by atoms with Crippen molar-refractivity contribution in [1.29, 1.82) is 0 Å². The number of guanidine groups is 1. The van der Waals surface area contributed by atoms with Gasteiger partial charge in [0.1, 0.15) is 0 Å². The van der Waals surface area contributed by atoms with E-state index in [-0.39, 0.29) is 0 Å². The molecule has 1 saturated heterocycles. The van der Waals surface area contributed by atoms with Crippen molar-refractivity contribution in [2.24, 2.45) is 4.99 Å². The van der Waals surface area contributed by atoms with E-state index in [1.165, 1.54) is 56.1 Å². The van der Waals surface area contributed by atoms with Crippen molar-refractivity contribution >= 4 is 16.7 Å². The molecule has 1 aromatic heterocycles. The van der Waals surface area contributed by atoms with Gasteiger partial charge in [-0.05, 0) is 50.3 Å². The third kappa shape index (κ3) is 5.43. The van der Waals surface area contributed by atoms with Crippen LogP contribution in [-0.4, -0.2) is 49.1 Å². The van der Waals surface area contributed by atoms with Crippen molar-refractivity contribution in [1.82, 2.24) is 20.5 Å². The average molecular weight is 354 g/mol. The van der Waals surface area contributed by atoms with Gasteiger partial charge in [-0.2, -0.15) is 0 Å². The van der Waals surface area contributed by atoms with E-state index in [0.29, 0.717) is 6.54 Å². The topological polar surface area (TPSA) is 52.6 Å². The van der Waals surface area contributed by atoms with Crippen LogP contribution in [0.1, 0.15) is 37.8 Å². The third-order valence-corrected chi connectivity index (χ3v) is 5.05. The van der Waals surface area contributed by atoms with Crippen LogP contribution in [0.2, 0.25) is 0 Å². The van der Waals surface area contributed by atoms with Gasteiger partial charge in [0.25, 0.3) is 0 Å². The molecule has 1 aliphatic heterocycles. The first-order valence-electron chi connectivity index (χ1n) is 9.86. The standard InChI is InChI=1S/C21H31N5/c1-22-21(24-12-8-16-26-14-6-2-3-7-15-26)25-17-20-19-10-5-4-9-18(19)11-13-23-20/h4-5,9-11,13H,2-3,6-8,12,14-17H2,1H3,(H2,22,24,25). The number of nitrogens with one attached hydrogen (secondary N) is 2. The van der Waals surface area contributed by atoms with Gasteiger partial charge in [-0.1, -0.05) is 37.1 Å². The SMILES string of the molecule is CN=C(NCCCN1CCCCCC1)NCc1nccc2ccccc12. The van der Waals surface area contributed by atoms with Gasteiger partial charge in [0.05, 0.1) is 12.2 Å². The Labute approximate surface area is 156 Å². The van der Waals surface area contributed by atoms with Crippen molar-refractivity contribution in [3.8, 4) is 0 Å². The summed E-state index contributed by atoms with van der Waals surface area (Å²) in [7, 11) is 1.82. The second-order valence-electron chi connectivity index (χ2n) is 6.94. The summed E-state index contributed by atoms with van der Waals surface area (Å²) in [6.45, 7) is 5.32. The lowest BCUT2D eigenvalue weighted by atomic mass is 10.1. The highest BCUT2D eigenvalue weighted by atomic mass is 15.2. The summed E-state index contributed by atoms with van der Waals surface area (Å²) in [5.41, 5.74) is 1.05. The number of nitrogens with zero attached hydrogens (tertiary/aromatic N) is 3. The molecule has 3 rings (SSSR count). The minimum atomic E-state index is 0.674. The zero-order valence-corrected chi connectivity index (χ0v) is 15.9. The third-order valence-electron chi connectivity index (χ3n) is 5.05. The van der Waals surface area contributed by atoms with Gasteiger partial charge in [0.2, 0.25) is 0 Å². The molecule has 0 bridgehead atoms. The van der Waals surface area contributed by atoms with Gasteiger partial charge in [0.15, 0.2) is 5.96 Å². The molecule has 0 saturated carbocycles. The Morgan fingerprint density at radius 1 is 1.08 bits per heavy atom. The highest BCUT2D eigenvalue weighted by Gasteiger charge is 2.08. The quantitative estimate of drug-likeness (QED) is 0.476. The van der Waals surface area contributed by atoms with Gasteiger partial charge in [-0.25, -0.2) is 0 Å².